The van der Waals surface area contributed by atoms with Gasteiger partial charge in [-0.1, -0.05) is 0 Å². The van der Waals surface area contributed by atoms with Gasteiger partial charge in [-0.25, -0.2) is 9.90 Å². The normalized spacial score (nSPS) is 12.1. The van der Waals surface area contributed by atoms with Crippen LogP contribution in [-0.4, -0.2) is 24.5 Å². The number of rotatable bonds is 5. The molecule has 0 aromatic carbocycles. The van der Waals surface area contributed by atoms with Crippen molar-refractivity contribution in [2.24, 2.45) is 11.5 Å². The zero-order valence-corrected chi connectivity index (χ0v) is 6.67. The summed E-state index contributed by atoms with van der Waals surface area (Å²) in [5.74, 6) is -1.38. The van der Waals surface area contributed by atoms with E-state index in [9.17, 15) is 9.90 Å². The standard InChI is InChI=1S/C6H13N4O2/c7-4(5(11)12)2-1-3-10-6(8)9/h4H,1-3,7H2,(H4,8,9,10)/t4-/m0/s1. The molecule has 0 unspecified atom stereocenters. The molecule has 0 aromatic heterocycles. The first-order valence-corrected chi connectivity index (χ1v) is 3.58. The Morgan fingerprint density at radius 3 is 2.58 bits per heavy atom. The molecule has 0 fully saturated rings. The van der Waals surface area contributed by atoms with Crippen LogP contribution in [0.2, 0.25) is 0 Å². The second-order valence-electron chi connectivity index (χ2n) is 2.41. The van der Waals surface area contributed by atoms with Gasteiger partial charge < -0.3 is 16.8 Å². The highest BCUT2D eigenvalue weighted by molar-refractivity contribution is 5.74. The van der Waals surface area contributed by atoms with Crippen LogP contribution in [0.4, 0.5) is 0 Å². The first kappa shape index (κ1) is 10.7. The van der Waals surface area contributed by atoms with Crippen molar-refractivity contribution >= 4 is 11.9 Å². The summed E-state index contributed by atoms with van der Waals surface area (Å²) in [5.41, 5.74) is 10.1. The van der Waals surface area contributed by atoms with E-state index in [1.165, 1.54) is 0 Å². The van der Waals surface area contributed by atoms with Gasteiger partial charge in [0.15, 0.2) is 5.96 Å². The Kier molecular flexibility index (Phi) is 4.78. The van der Waals surface area contributed by atoms with Gasteiger partial charge in [0.05, 0.1) is 0 Å². The molecule has 0 aliphatic heterocycles. The highest BCUT2D eigenvalue weighted by atomic mass is 16.4. The zero-order chi connectivity index (χ0) is 9.56. The van der Waals surface area contributed by atoms with E-state index in [0.29, 0.717) is 19.4 Å². The summed E-state index contributed by atoms with van der Waals surface area (Å²) in [4.78, 5) is 10.1. The molecule has 0 aliphatic rings. The van der Waals surface area contributed by atoms with Gasteiger partial charge in [0.2, 0.25) is 0 Å². The van der Waals surface area contributed by atoms with Gasteiger partial charge in [0.25, 0.3) is 0 Å². The van der Waals surface area contributed by atoms with Crippen molar-refractivity contribution in [1.82, 2.24) is 5.32 Å². The molecular weight excluding hydrogens is 160 g/mol. The predicted octanol–water partition coefficient (Wildman–Crippen LogP) is -1.47. The van der Waals surface area contributed by atoms with E-state index in [1.807, 2.05) is 0 Å². The third-order valence-electron chi connectivity index (χ3n) is 1.31. The Balaban J connectivity index is 3.31. The molecule has 6 heteroatoms. The fourth-order valence-electron chi connectivity index (χ4n) is 0.663. The van der Waals surface area contributed by atoms with Gasteiger partial charge in [-0.2, -0.15) is 0 Å². The molecule has 69 valence electrons. The van der Waals surface area contributed by atoms with Crippen molar-refractivity contribution in [2.75, 3.05) is 6.54 Å². The van der Waals surface area contributed by atoms with Gasteiger partial charge in [-0.15, -0.1) is 0 Å². The summed E-state index contributed by atoms with van der Waals surface area (Å²) in [6, 6.07) is -0.932. The molecule has 0 saturated heterocycles. The maximum Gasteiger partial charge on any atom is 0.372 e. The first-order chi connectivity index (χ1) is 5.54. The molecule has 6 nitrogen and oxygen atoms in total. The van der Waals surface area contributed by atoms with Crippen LogP contribution in [0.1, 0.15) is 12.8 Å². The topological polar surface area (TPSA) is 125 Å². The molecule has 1 radical (unpaired) electrons. The van der Waals surface area contributed by atoms with Crippen molar-refractivity contribution in [3.8, 4) is 0 Å². The van der Waals surface area contributed by atoms with Crippen LogP contribution in [0.15, 0.2) is 0 Å². The molecule has 6 N–H and O–H groups in total. The minimum Gasteiger partial charge on any atom is -0.370 e. The lowest BCUT2D eigenvalue weighted by atomic mass is 10.2. The van der Waals surface area contributed by atoms with Crippen LogP contribution >= 0.6 is 0 Å². The van der Waals surface area contributed by atoms with Crippen LogP contribution in [0.25, 0.3) is 0 Å². The highest BCUT2D eigenvalue weighted by Gasteiger charge is 2.12. The Labute approximate surface area is 70.4 Å². The molecule has 0 spiro atoms. The number of carbonyl (C=O) groups is 1. The second kappa shape index (κ2) is 5.36. The Morgan fingerprint density at radius 1 is 1.58 bits per heavy atom. The molecule has 0 heterocycles. The maximum atomic E-state index is 10.1. The quantitative estimate of drug-likeness (QED) is 0.230. The Hall–Kier alpha value is -1.30. The SMILES string of the molecule is N=C(N)NCCC[C@H](N)C([O])=O. The third-order valence-corrected chi connectivity index (χ3v) is 1.31. The maximum absolute atomic E-state index is 10.1. The molecule has 12 heavy (non-hydrogen) atoms. The summed E-state index contributed by atoms with van der Waals surface area (Å²) in [6.07, 6.45) is 0.872. The van der Waals surface area contributed by atoms with Crippen LogP contribution in [0.3, 0.4) is 0 Å². The highest BCUT2D eigenvalue weighted by Crippen LogP contribution is 1.92. The van der Waals surface area contributed by atoms with E-state index in [2.05, 4.69) is 5.32 Å². The molecule has 0 rings (SSSR count). The smallest absolute Gasteiger partial charge is 0.370 e. The van der Waals surface area contributed by atoms with Crippen molar-refractivity contribution in [3.05, 3.63) is 0 Å². The molecule has 0 saturated carbocycles. The average molecular weight is 173 g/mol. The van der Waals surface area contributed by atoms with Crippen LogP contribution < -0.4 is 16.8 Å². The number of hydrogen-bond donors (Lipinski definition) is 4. The van der Waals surface area contributed by atoms with E-state index in [1.54, 1.807) is 0 Å². The fraction of sp³-hybridized carbons (Fsp3) is 0.667. The van der Waals surface area contributed by atoms with E-state index >= 15 is 0 Å². The van der Waals surface area contributed by atoms with Gasteiger partial charge in [0.1, 0.15) is 6.04 Å². The first-order valence-electron chi connectivity index (χ1n) is 3.58. The van der Waals surface area contributed by atoms with Crippen LogP contribution in [0, 0.1) is 5.41 Å². The minimum atomic E-state index is -1.25. The summed E-state index contributed by atoms with van der Waals surface area (Å²) < 4.78 is 0. The van der Waals surface area contributed by atoms with E-state index in [4.69, 9.17) is 16.9 Å². The number of guanidine groups is 1. The Morgan fingerprint density at radius 2 is 2.17 bits per heavy atom. The summed E-state index contributed by atoms with van der Waals surface area (Å²) in [7, 11) is 0. The monoisotopic (exact) mass is 173 g/mol. The Bertz CT molecular complexity index is 171. The van der Waals surface area contributed by atoms with Crippen molar-refractivity contribution < 1.29 is 9.90 Å². The predicted molar refractivity (Wildman–Crippen MR) is 42.8 cm³/mol. The van der Waals surface area contributed by atoms with E-state index in [0.717, 1.165) is 0 Å². The van der Waals surface area contributed by atoms with Crippen molar-refractivity contribution in [2.45, 2.75) is 18.9 Å². The lowest BCUT2D eigenvalue weighted by Gasteiger charge is -2.05. The minimum absolute atomic E-state index is 0.128. The lowest BCUT2D eigenvalue weighted by molar-refractivity contribution is -0.144. The summed E-state index contributed by atoms with van der Waals surface area (Å²) >= 11 is 0. The lowest BCUT2D eigenvalue weighted by Crippen LogP contribution is -2.33. The molecule has 0 bridgehead atoms. The fourth-order valence-corrected chi connectivity index (χ4v) is 0.663. The third kappa shape index (κ3) is 5.48. The summed E-state index contributed by atoms with van der Waals surface area (Å²) in [6.45, 7) is 0.455. The van der Waals surface area contributed by atoms with Gasteiger partial charge in [0, 0.05) is 6.54 Å². The van der Waals surface area contributed by atoms with Crippen molar-refractivity contribution in [3.63, 3.8) is 0 Å². The van der Waals surface area contributed by atoms with Gasteiger partial charge in [-0.3, -0.25) is 5.41 Å². The summed E-state index contributed by atoms with van der Waals surface area (Å²) in [5, 5.41) is 19.4. The van der Waals surface area contributed by atoms with Gasteiger partial charge in [-0.05, 0) is 12.8 Å². The second-order valence-corrected chi connectivity index (χ2v) is 2.41. The van der Waals surface area contributed by atoms with E-state index < -0.39 is 12.0 Å². The number of carbonyl (C=O) groups excluding carboxylic acids is 1. The molecule has 0 aliphatic carbocycles. The largest absolute Gasteiger partial charge is 0.372 e. The molecule has 0 aromatic rings. The van der Waals surface area contributed by atoms with E-state index in [-0.39, 0.29) is 5.96 Å². The van der Waals surface area contributed by atoms with Gasteiger partial charge >= 0.3 is 5.97 Å². The molecule has 0 amide bonds. The average Bonchev–Trinajstić information content (AvgIpc) is 1.97. The van der Waals surface area contributed by atoms with Crippen LogP contribution in [-0.2, 0) is 9.90 Å². The van der Waals surface area contributed by atoms with Crippen LogP contribution in [0.5, 0.6) is 0 Å². The number of nitrogens with two attached hydrogens (primary N) is 2. The molecular formula is C6H13N4O2. The zero-order valence-electron chi connectivity index (χ0n) is 6.67. The number of nitrogens with one attached hydrogen (secondary N) is 2. The number of hydrogen-bond acceptors (Lipinski definition) is 3. The van der Waals surface area contributed by atoms with Crippen molar-refractivity contribution in [1.29, 1.82) is 5.41 Å². The molecule has 1 atom stereocenters.